The summed E-state index contributed by atoms with van der Waals surface area (Å²) >= 11 is 0. The van der Waals surface area contributed by atoms with Gasteiger partial charge in [-0.2, -0.15) is 0 Å². The highest BCUT2D eigenvalue weighted by atomic mass is 16.3. The van der Waals surface area contributed by atoms with Crippen LogP contribution in [0.3, 0.4) is 0 Å². The predicted octanol–water partition coefficient (Wildman–Crippen LogP) is 3.04. The van der Waals surface area contributed by atoms with Crippen molar-refractivity contribution in [2.75, 3.05) is 6.54 Å². The van der Waals surface area contributed by atoms with Crippen molar-refractivity contribution in [3.63, 3.8) is 0 Å². The summed E-state index contributed by atoms with van der Waals surface area (Å²) in [4.78, 5) is 22.2. The van der Waals surface area contributed by atoms with Crippen LogP contribution in [0, 0.1) is 0 Å². The van der Waals surface area contributed by atoms with Crippen LogP contribution in [-0.4, -0.2) is 27.5 Å². The van der Waals surface area contributed by atoms with Gasteiger partial charge in [-0.3, -0.25) is 9.69 Å². The molecule has 0 radical (unpaired) electrons. The molecule has 1 aliphatic rings. The van der Waals surface area contributed by atoms with E-state index in [1.54, 1.807) is 0 Å². The van der Waals surface area contributed by atoms with Crippen LogP contribution in [0.4, 0.5) is 0 Å². The lowest BCUT2D eigenvalue weighted by atomic mass is 10.0. The predicted molar refractivity (Wildman–Crippen MR) is 85.9 cm³/mol. The molecule has 0 aliphatic carbocycles. The van der Waals surface area contributed by atoms with Crippen LogP contribution in [0.1, 0.15) is 32.0 Å². The highest BCUT2D eigenvalue weighted by Gasteiger charge is 2.20. The Labute approximate surface area is 127 Å². The van der Waals surface area contributed by atoms with Gasteiger partial charge in [0.05, 0.1) is 6.54 Å². The molecule has 1 atom stereocenters. The van der Waals surface area contributed by atoms with Crippen molar-refractivity contribution in [1.82, 2.24) is 14.9 Å². The average molecular weight is 297 g/mol. The molecular weight excluding hydrogens is 278 g/mol. The molecule has 5 heteroatoms. The topological polar surface area (TPSA) is 62.1 Å². The van der Waals surface area contributed by atoms with Crippen molar-refractivity contribution in [3.05, 3.63) is 40.4 Å². The monoisotopic (exact) mass is 297 g/mol. The number of para-hydroxylation sites is 1. The first kappa shape index (κ1) is 13.5. The number of hydrogen-bond donors (Lipinski definition) is 1. The lowest BCUT2D eigenvalue weighted by molar-refractivity contribution is 0.149. The van der Waals surface area contributed by atoms with E-state index >= 15 is 0 Å². The summed E-state index contributed by atoms with van der Waals surface area (Å²) < 4.78 is 5.63. The van der Waals surface area contributed by atoms with Crippen LogP contribution in [0.5, 0.6) is 0 Å². The Morgan fingerprint density at radius 2 is 2.23 bits per heavy atom. The maximum atomic E-state index is 12.3. The van der Waals surface area contributed by atoms with Crippen molar-refractivity contribution in [1.29, 1.82) is 0 Å². The van der Waals surface area contributed by atoms with Crippen LogP contribution >= 0.6 is 0 Å². The third kappa shape index (κ3) is 2.22. The second-order valence-corrected chi connectivity index (χ2v) is 6.10. The molecule has 1 aliphatic heterocycles. The Morgan fingerprint density at radius 3 is 3.09 bits per heavy atom. The lowest BCUT2D eigenvalue weighted by Crippen LogP contribution is -2.37. The van der Waals surface area contributed by atoms with Crippen LogP contribution in [0.2, 0.25) is 0 Å². The zero-order valence-corrected chi connectivity index (χ0v) is 12.6. The molecule has 22 heavy (non-hydrogen) atoms. The third-order valence-electron chi connectivity index (χ3n) is 4.57. The summed E-state index contributed by atoms with van der Waals surface area (Å²) in [5.74, 6) is 0.720. The Hall–Kier alpha value is -2.14. The number of nitrogens with one attached hydrogen (secondary N) is 1. The Kier molecular flexibility index (Phi) is 3.22. The van der Waals surface area contributed by atoms with E-state index in [4.69, 9.17) is 4.42 Å². The molecule has 3 aromatic rings. The summed E-state index contributed by atoms with van der Waals surface area (Å²) in [6.45, 7) is 3.99. The fourth-order valence-corrected chi connectivity index (χ4v) is 3.31. The molecule has 0 spiro atoms. The summed E-state index contributed by atoms with van der Waals surface area (Å²) in [5.41, 5.74) is 1.50. The van der Waals surface area contributed by atoms with Crippen LogP contribution in [0.25, 0.3) is 22.1 Å². The van der Waals surface area contributed by atoms with Crippen LogP contribution in [-0.2, 0) is 6.54 Å². The van der Waals surface area contributed by atoms with E-state index in [0.717, 1.165) is 17.8 Å². The van der Waals surface area contributed by atoms with Gasteiger partial charge < -0.3 is 9.40 Å². The largest absolute Gasteiger partial charge is 0.449 e. The molecule has 2 aromatic heterocycles. The number of H-pyrrole nitrogens is 1. The zero-order valence-electron chi connectivity index (χ0n) is 12.6. The van der Waals surface area contributed by atoms with Gasteiger partial charge in [0.2, 0.25) is 5.58 Å². The number of furan rings is 1. The summed E-state index contributed by atoms with van der Waals surface area (Å²) in [5, 5.41) is 0.900. The standard InChI is InChI=1S/C17H19N3O2/c1-11-6-4-5-9-20(11)10-14-18-15-12-7-2-3-8-13(12)22-16(15)17(21)19-14/h2-3,7-8,11H,4-6,9-10H2,1H3,(H,18,19,21)/t11-/m1/s1. The maximum absolute atomic E-state index is 12.3. The molecule has 0 saturated carbocycles. The average Bonchev–Trinajstić information content (AvgIpc) is 2.89. The van der Waals surface area contributed by atoms with Gasteiger partial charge in [-0.05, 0) is 38.4 Å². The van der Waals surface area contributed by atoms with Gasteiger partial charge in [0.25, 0.3) is 5.56 Å². The molecule has 3 heterocycles. The minimum Gasteiger partial charge on any atom is -0.449 e. The minimum atomic E-state index is -0.194. The van der Waals surface area contributed by atoms with Gasteiger partial charge in [0, 0.05) is 11.4 Å². The number of benzene rings is 1. The molecular formula is C17H19N3O2. The van der Waals surface area contributed by atoms with Gasteiger partial charge in [-0.25, -0.2) is 4.98 Å². The Bertz CT molecular complexity index is 880. The van der Waals surface area contributed by atoms with Gasteiger partial charge in [-0.15, -0.1) is 0 Å². The van der Waals surface area contributed by atoms with Crippen LogP contribution < -0.4 is 5.56 Å². The van der Waals surface area contributed by atoms with Crippen molar-refractivity contribution in [2.45, 2.75) is 38.8 Å². The minimum absolute atomic E-state index is 0.194. The summed E-state index contributed by atoms with van der Waals surface area (Å²) in [6.07, 6.45) is 3.71. The SMILES string of the molecule is C[C@@H]1CCCCN1Cc1nc2c(oc3ccccc32)c(=O)[nH]1. The van der Waals surface area contributed by atoms with Crippen molar-refractivity contribution in [3.8, 4) is 0 Å². The summed E-state index contributed by atoms with van der Waals surface area (Å²) in [6, 6.07) is 8.18. The normalized spacial score (nSPS) is 20.0. The number of piperidine rings is 1. The highest BCUT2D eigenvalue weighted by Crippen LogP contribution is 2.25. The fraction of sp³-hybridized carbons (Fsp3) is 0.412. The molecule has 1 aromatic carbocycles. The van der Waals surface area contributed by atoms with Crippen molar-refractivity contribution < 1.29 is 4.42 Å². The molecule has 0 bridgehead atoms. The van der Waals surface area contributed by atoms with Crippen LogP contribution in [0.15, 0.2) is 33.5 Å². The third-order valence-corrected chi connectivity index (χ3v) is 4.57. The Morgan fingerprint density at radius 1 is 1.36 bits per heavy atom. The van der Waals surface area contributed by atoms with E-state index in [2.05, 4.69) is 21.8 Å². The van der Waals surface area contributed by atoms with E-state index in [9.17, 15) is 4.79 Å². The van der Waals surface area contributed by atoms with Crippen molar-refractivity contribution >= 4 is 22.1 Å². The number of nitrogens with zero attached hydrogens (tertiary/aromatic N) is 2. The number of rotatable bonds is 2. The van der Waals surface area contributed by atoms with Gasteiger partial charge >= 0.3 is 0 Å². The molecule has 5 nitrogen and oxygen atoms in total. The number of aromatic nitrogens is 2. The summed E-state index contributed by atoms with van der Waals surface area (Å²) in [7, 11) is 0. The second-order valence-electron chi connectivity index (χ2n) is 6.10. The van der Waals surface area contributed by atoms with Crippen molar-refractivity contribution in [2.24, 2.45) is 0 Å². The molecule has 0 amide bonds. The van der Waals surface area contributed by atoms with E-state index in [-0.39, 0.29) is 5.56 Å². The quantitative estimate of drug-likeness (QED) is 0.789. The first-order chi connectivity index (χ1) is 10.7. The van der Waals surface area contributed by atoms with Gasteiger partial charge in [0.15, 0.2) is 0 Å². The number of likely N-dealkylation sites (tertiary alicyclic amines) is 1. The number of fused-ring (bicyclic) bond motifs is 3. The molecule has 1 saturated heterocycles. The van der Waals surface area contributed by atoms with Gasteiger partial charge in [0.1, 0.15) is 16.9 Å². The molecule has 1 fully saturated rings. The Balaban J connectivity index is 1.78. The maximum Gasteiger partial charge on any atom is 0.294 e. The fourth-order valence-electron chi connectivity index (χ4n) is 3.31. The molecule has 1 N–H and O–H groups in total. The van der Waals surface area contributed by atoms with Gasteiger partial charge in [-0.1, -0.05) is 18.6 Å². The molecule has 4 rings (SSSR count). The van der Waals surface area contributed by atoms with E-state index in [1.165, 1.54) is 19.3 Å². The first-order valence-corrected chi connectivity index (χ1v) is 7.87. The van der Waals surface area contributed by atoms with E-state index in [0.29, 0.717) is 29.3 Å². The lowest BCUT2D eigenvalue weighted by Gasteiger charge is -2.32. The van der Waals surface area contributed by atoms with E-state index < -0.39 is 0 Å². The number of aromatic amines is 1. The highest BCUT2D eigenvalue weighted by molar-refractivity contribution is 6.01. The van der Waals surface area contributed by atoms with E-state index in [1.807, 2.05) is 24.3 Å². The number of hydrogen-bond acceptors (Lipinski definition) is 4. The second kappa shape index (κ2) is 5.25. The smallest absolute Gasteiger partial charge is 0.294 e. The zero-order chi connectivity index (χ0) is 15.1. The first-order valence-electron chi connectivity index (χ1n) is 7.87. The molecule has 114 valence electrons. The molecule has 0 unspecified atom stereocenters.